The van der Waals surface area contributed by atoms with Gasteiger partial charge in [0.2, 0.25) is 0 Å². The molecule has 0 saturated carbocycles. The van der Waals surface area contributed by atoms with Crippen LogP contribution in [0.1, 0.15) is 23.5 Å². The molecule has 1 N–H and O–H groups in total. The van der Waals surface area contributed by atoms with E-state index < -0.39 is 10.1 Å². The van der Waals surface area contributed by atoms with Crippen LogP contribution in [0.4, 0.5) is 0 Å². The summed E-state index contributed by atoms with van der Waals surface area (Å²) < 4.78 is 36.9. The van der Waals surface area contributed by atoms with E-state index in [0.717, 1.165) is 12.0 Å². The molecule has 0 bridgehead atoms. The lowest BCUT2D eigenvalue weighted by molar-refractivity contribution is 0.193. The van der Waals surface area contributed by atoms with Crippen LogP contribution in [-0.4, -0.2) is 26.2 Å². The van der Waals surface area contributed by atoms with Crippen molar-refractivity contribution in [3.63, 3.8) is 0 Å². The lowest BCUT2D eigenvalue weighted by atomic mass is 9.97. The van der Waals surface area contributed by atoms with Crippen molar-refractivity contribution < 1.29 is 17.7 Å². The predicted octanol–water partition coefficient (Wildman–Crippen LogP) is 1.75. The number of ether oxygens (including phenoxy) is 1. The van der Waals surface area contributed by atoms with Gasteiger partial charge in [0.15, 0.2) is 0 Å². The fourth-order valence-electron chi connectivity index (χ4n) is 2.00. The average Bonchev–Trinajstić information content (AvgIpc) is 2.68. The Morgan fingerprint density at radius 1 is 1.44 bits per heavy atom. The normalized spacial score (nSPS) is 21.2. The molecule has 0 aliphatic carbocycles. The van der Waals surface area contributed by atoms with Crippen molar-refractivity contribution in [1.82, 2.24) is 0 Å². The third-order valence-electron chi connectivity index (χ3n) is 2.81. The van der Waals surface area contributed by atoms with Crippen LogP contribution >= 0.6 is 0 Å². The minimum absolute atomic E-state index is 0.00796. The second-order valence-electron chi connectivity index (χ2n) is 4.08. The lowest BCUT2D eigenvalue weighted by Crippen LogP contribution is -2.08. The van der Waals surface area contributed by atoms with E-state index in [-0.39, 0.29) is 10.8 Å². The molecule has 0 unspecified atom stereocenters. The first kappa shape index (κ1) is 11.6. The molecule has 0 aromatic heterocycles. The van der Waals surface area contributed by atoms with E-state index in [1.54, 1.807) is 6.07 Å². The predicted molar refractivity (Wildman–Crippen MR) is 59.2 cm³/mol. The zero-order valence-electron chi connectivity index (χ0n) is 9.01. The summed E-state index contributed by atoms with van der Waals surface area (Å²) in [6.45, 7) is 3.06. The molecule has 1 heterocycles. The molecule has 1 aromatic carbocycles. The summed E-state index contributed by atoms with van der Waals surface area (Å²) >= 11 is 0. The van der Waals surface area contributed by atoms with Gasteiger partial charge < -0.3 is 4.74 Å². The standard InChI is InChI=1S/C11H14O4S/c1-8-2-3-11(16(12,13)14)10(6-8)9-4-5-15-7-9/h2-3,6,9H,4-5,7H2,1H3,(H,12,13,14)/t9-/m1/s1. The fraction of sp³-hybridized carbons (Fsp3) is 0.455. The molecule has 1 atom stereocenters. The Labute approximate surface area is 95.0 Å². The average molecular weight is 242 g/mol. The topological polar surface area (TPSA) is 63.6 Å². The maximum atomic E-state index is 11.2. The molecule has 1 aliphatic rings. The highest BCUT2D eigenvalue weighted by molar-refractivity contribution is 7.85. The van der Waals surface area contributed by atoms with Gasteiger partial charge in [0.05, 0.1) is 11.5 Å². The van der Waals surface area contributed by atoms with Gasteiger partial charge in [0.1, 0.15) is 0 Å². The second-order valence-corrected chi connectivity index (χ2v) is 5.47. The van der Waals surface area contributed by atoms with E-state index in [2.05, 4.69) is 0 Å². The van der Waals surface area contributed by atoms with Gasteiger partial charge in [0, 0.05) is 12.5 Å². The largest absolute Gasteiger partial charge is 0.381 e. The molecule has 4 nitrogen and oxygen atoms in total. The lowest BCUT2D eigenvalue weighted by Gasteiger charge is -2.13. The third-order valence-corrected chi connectivity index (χ3v) is 3.74. The van der Waals surface area contributed by atoms with Gasteiger partial charge in [-0.25, -0.2) is 0 Å². The molecule has 1 fully saturated rings. The second kappa shape index (κ2) is 4.16. The molecule has 1 saturated heterocycles. The summed E-state index contributed by atoms with van der Waals surface area (Å²) in [7, 11) is -4.14. The maximum Gasteiger partial charge on any atom is 0.294 e. The molecular formula is C11H14O4S. The monoisotopic (exact) mass is 242 g/mol. The van der Waals surface area contributed by atoms with Crippen LogP contribution in [0.2, 0.25) is 0 Å². The van der Waals surface area contributed by atoms with Gasteiger partial charge in [-0.15, -0.1) is 0 Å². The summed E-state index contributed by atoms with van der Waals surface area (Å²) in [6, 6.07) is 4.95. The highest BCUT2D eigenvalue weighted by Crippen LogP contribution is 2.31. The summed E-state index contributed by atoms with van der Waals surface area (Å²) in [5.41, 5.74) is 1.65. The molecule has 88 valence electrons. The van der Waals surface area contributed by atoms with Crippen molar-refractivity contribution in [2.75, 3.05) is 13.2 Å². The highest BCUT2D eigenvalue weighted by atomic mass is 32.2. The first-order valence-corrected chi connectivity index (χ1v) is 6.58. The van der Waals surface area contributed by atoms with Crippen molar-refractivity contribution in [3.05, 3.63) is 29.3 Å². The SMILES string of the molecule is Cc1ccc(S(=O)(=O)O)c([C@@H]2CCOC2)c1. The van der Waals surface area contributed by atoms with Crippen LogP contribution in [0.15, 0.2) is 23.1 Å². The Bertz CT molecular complexity index is 487. The van der Waals surface area contributed by atoms with Crippen molar-refractivity contribution in [2.45, 2.75) is 24.2 Å². The highest BCUT2D eigenvalue weighted by Gasteiger charge is 2.25. The van der Waals surface area contributed by atoms with E-state index >= 15 is 0 Å². The molecule has 2 rings (SSSR count). The smallest absolute Gasteiger partial charge is 0.294 e. The molecule has 1 aromatic rings. The number of rotatable bonds is 2. The van der Waals surface area contributed by atoms with Crippen LogP contribution in [0.5, 0.6) is 0 Å². The first-order valence-electron chi connectivity index (χ1n) is 5.14. The number of hydrogen-bond acceptors (Lipinski definition) is 3. The molecular weight excluding hydrogens is 228 g/mol. The van der Waals surface area contributed by atoms with Gasteiger partial charge in [0.25, 0.3) is 10.1 Å². The van der Waals surface area contributed by atoms with Crippen molar-refractivity contribution in [1.29, 1.82) is 0 Å². The zero-order valence-corrected chi connectivity index (χ0v) is 9.83. The van der Waals surface area contributed by atoms with Gasteiger partial charge in [-0.3, -0.25) is 4.55 Å². The van der Waals surface area contributed by atoms with Crippen molar-refractivity contribution in [2.24, 2.45) is 0 Å². The van der Waals surface area contributed by atoms with Crippen LogP contribution in [0.3, 0.4) is 0 Å². The zero-order chi connectivity index (χ0) is 11.8. The maximum absolute atomic E-state index is 11.2. The minimum atomic E-state index is -4.14. The Morgan fingerprint density at radius 3 is 2.75 bits per heavy atom. The number of aryl methyl sites for hydroxylation is 1. The van der Waals surface area contributed by atoms with E-state index in [4.69, 9.17) is 9.29 Å². The summed E-state index contributed by atoms with van der Waals surface area (Å²) in [4.78, 5) is 0.00796. The van der Waals surface area contributed by atoms with E-state index in [1.165, 1.54) is 6.07 Å². The van der Waals surface area contributed by atoms with Gasteiger partial charge in [-0.1, -0.05) is 17.7 Å². The Kier molecular flexibility index (Phi) is 3.01. The molecule has 0 spiro atoms. The van der Waals surface area contributed by atoms with Crippen LogP contribution < -0.4 is 0 Å². The molecule has 16 heavy (non-hydrogen) atoms. The first-order chi connectivity index (χ1) is 7.48. The van der Waals surface area contributed by atoms with Gasteiger partial charge in [-0.2, -0.15) is 8.42 Å². The number of hydrogen-bond donors (Lipinski definition) is 1. The molecule has 5 heteroatoms. The van der Waals surface area contributed by atoms with E-state index in [9.17, 15) is 8.42 Å². The van der Waals surface area contributed by atoms with Crippen molar-refractivity contribution >= 4 is 10.1 Å². The van der Waals surface area contributed by atoms with Crippen LogP contribution in [0.25, 0.3) is 0 Å². The fourth-order valence-corrected chi connectivity index (χ4v) is 2.77. The Balaban J connectivity index is 2.52. The Hall–Kier alpha value is -0.910. The molecule has 0 radical (unpaired) electrons. The quantitative estimate of drug-likeness (QED) is 0.802. The molecule has 0 amide bonds. The minimum Gasteiger partial charge on any atom is -0.381 e. The van der Waals surface area contributed by atoms with Crippen LogP contribution in [-0.2, 0) is 14.9 Å². The third kappa shape index (κ3) is 2.26. The van der Waals surface area contributed by atoms with E-state index in [1.807, 2.05) is 13.0 Å². The van der Waals surface area contributed by atoms with Gasteiger partial charge in [-0.05, 0) is 25.0 Å². The molecule has 1 aliphatic heterocycles. The van der Waals surface area contributed by atoms with Crippen molar-refractivity contribution in [3.8, 4) is 0 Å². The number of benzene rings is 1. The summed E-state index contributed by atoms with van der Waals surface area (Å²) in [5, 5.41) is 0. The Morgan fingerprint density at radius 2 is 2.19 bits per heavy atom. The van der Waals surface area contributed by atoms with Crippen LogP contribution in [0, 0.1) is 6.92 Å². The van der Waals surface area contributed by atoms with E-state index in [0.29, 0.717) is 18.8 Å². The summed E-state index contributed by atoms with van der Waals surface area (Å²) in [5.74, 6) is 0.0665. The summed E-state index contributed by atoms with van der Waals surface area (Å²) in [6.07, 6.45) is 0.798. The van der Waals surface area contributed by atoms with Gasteiger partial charge >= 0.3 is 0 Å².